The predicted octanol–water partition coefficient (Wildman–Crippen LogP) is 1.24. The summed E-state index contributed by atoms with van der Waals surface area (Å²) in [6.45, 7) is 6.06. The number of nitrogens with one attached hydrogen (secondary N) is 1. The average molecular weight is 167 g/mol. The van der Waals surface area contributed by atoms with Gasteiger partial charge >= 0.3 is 0 Å². The highest BCUT2D eigenvalue weighted by Gasteiger charge is 2.19. The van der Waals surface area contributed by atoms with E-state index < -0.39 is 0 Å². The van der Waals surface area contributed by atoms with Gasteiger partial charge in [-0.25, -0.2) is 0 Å². The third-order valence-corrected chi connectivity index (χ3v) is 1.23. The topological polar surface area (TPSA) is 71.5 Å². The lowest BCUT2D eigenvalue weighted by molar-refractivity contribution is 0.428. The van der Waals surface area contributed by atoms with Crippen molar-refractivity contribution in [3.63, 3.8) is 0 Å². The zero-order valence-electron chi connectivity index (χ0n) is 7.51. The van der Waals surface area contributed by atoms with Gasteiger partial charge in [-0.05, 0) is 11.5 Å². The zero-order chi connectivity index (χ0) is 9.35. The smallest absolute Gasteiger partial charge is 0.294 e. The first-order valence-electron chi connectivity index (χ1n) is 3.72. The summed E-state index contributed by atoms with van der Waals surface area (Å²) < 4.78 is 5.01. The number of hydrogen-bond acceptors (Lipinski definition) is 3. The zero-order valence-corrected chi connectivity index (χ0v) is 7.51. The van der Waals surface area contributed by atoms with E-state index in [0.717, 1.165) is 0 Å². The van der Waals surface area contributed by atoms with Crippen LogP contribution in [0.4, 0.5) is 0 Å². The average Bonchev–Trinajstić information content (AvgIpc) is 2.06. The molecule has 0 unspecified atom stereocenters. The molecule has 0 amide bonds. The minimum atomic E-state index is -0.0260. The van der Waals surface area contributed by atoms with E-state index in [2.05, 4.69) is 4.99 Å². The molecule has 66 valence electrons. The third-order valence-electron chi connectivity index (χ3n) is 1.23. The van der Waals surface area contributed by atoms with Crippen molar-refractivity contribution in [2.75, 3.05) is 0 Å². The van der Waals surface area contributed by atoms with Gasteiger partial charge in [0.05, 0.1) is 0 Å². The largest absolute Gasteiger partial charge is 0.422 e. The van der Waals surface area contributed by atoms with Crippen molar-refractivity contribution in [1.29, 1.82) is 5.41 Å². The van der Waals surface area contributed by atoms with Gasteiger partial charge in [-0.1, -0.05) is 20.8 Å². The fourth-order valence-electron chi connectivity index (χ4n) is 0.840. The van der Waals surface area contributed by atoms with Crippen molar-refractivity contribution < 1.29 is 4.74 Å². The minimum Gasteiger partial charge on any atom is -0.422 e. The molecule has 0 atom stereocenters. The number of hydrogen-bond donors (Lipinski definition) is 2. The first-order valence-corrected chi connectivity index (χ1v) is 3.72. The molecule has 1 aliphatic heterocycles. The molecule has 0 radical (unpaired) electrons. The quantitative estimate of drug-likeness (QED) is 0.569. The summed E-state index contributed by atoms with van der Waals surface area (Å²) >= 11 is 0. The molecule has 12 heavy (non-hydrogen) atoms. The van der Waals surface area contributed by atoms with Crippen LogP contribution < -0.4 is 5.73 Å². The van der Waals surface area contributed by atoms with Gasteiger partial charge in [0, 0.05) is 0 Å². The van der Waals surface area contributed by atoms with Crippen LogP contribution in [0.1, 0.15) is 20.8 Å². The van der Waals surface area contributed by atoms with E-state index in [4.69, 9.17) is 15.9 Å². The lowest BCUT2D eigenvalue weighted by Gasteiger charge is -2.12. The third kappa shape index (κ3) is 2.08. The Hall–Kier alpha value is -1.32. The number of amidine groups is 2. The number of rotatable bonds is 0. The highest BCUT2D eigenvalue weighted by Crippen LogP contribution is 2.20. The van der Waals surface area contributed by atoms with Gasteiger partial charge in [-0.2, -0.15) is 4.99 Å². The summed E-state index contributed by atoms with van der Waals surface area (Å²) in [6.07, 6.45) is 1.83. The van der Waals surface area contributed by atoms with E-state index in [1.807, 2.05) is 26.8 Å². The van der Waals surface area contributed by atoms with E-state index in [9.17, 15) is 0 Å². The van der Waals surface area contributed by atoms with Gasteiger partial charge in [0.2, 0.25) is 0 Å². The van der Waals surface area contributed by atoms with Crippen LogP contribution in [0.5, 0.6) is 0 Å². The molecule has 1 rings (SSSR count). The van der Waals surface area contributed by atoms with E-state index in [-0.39, 0.29) is 17.3 Å². The maximum Gasteiger partial charge on any atom is 0.294 e. The summed E-state index contributed by atoms with van der Waals surface area (Å²) in [4.78, 5) is 3.64. The van der Waals surface area contributed by atoms with E-state index in [1.165, 1.54) is 0 Å². The molecular weight excluding hydrogens is 154 g/mol. The van der Waals surface area contributed by atoms with Crippen LogP contribution in [0.15, 0.2) is 16.8 Å². The second-order valence-corrected chi connectivity index (χ2v) is 3.78. The Morgan fingerprint density at radius 2 is 2.08 bits per heavy atom. The number of allylic oxidation sites excluding steroid dienone is 1. The Morgan fingerprint density at radius 1 is 1.50 bits per heavy atom. The van der Waals surface area contributed by atoms with Gasteiger partial charge in [0.15, 0.2) is 11.6 Å². The van der Waals surface area contributed by atoms with E-state index >= 15 is 0 Å². The monoisotopic (exact) mass is 167 g/mol. The molecule has 1 aliphatic rings. The van der Waals surface area contributed by atoms with Crippen molar-refractivity contribution in [3.05, 3.63) is 11.8 Å². The molecule has 1 heterocycles. The Kier molecular flexibility index (Phi) is 1.92. The van der Waals surface area contributed by atoms with Crippen molar-refractivity contribution in [1.82, 2.24) is 0 Å². The van der Waals surface area contributed by atoms with E-state index in [1.54, 1.807) is 0 Å². The number of ether oxygens (including phenoxy) is 1. The second-order valence-electron chi connectivity index (χ2n) is 3.78. The summed E-state index contributed by atoms with van der Waals surface area (Å²) in [5, 5.41) is 7.36. The Balaban J connectivity index is 2.83. The minimum absolute atomic E-state index is 0.0260. The Morgan fingerprint density at radius 3 is 2.42 bits per heavy atom. The molecule has 0 aromatic rings. The summed E-state index contributed by atoms with van der Waals surface area (Å²) in [6, 6.07) is 0.0514. The molecule has 0 spiro atoms. The Labute approximate surface area is 71.6 Å². The number of nitrogens with two attached hydrogens (primary N) is 1. The van der Waals surface area contributed by atoms with Crippen LogP contribution in [0, 0.1) is 10.8 Å². The summed E-state index contributed by atoms with van der Waals surface area (Å²) in [7, 11) is 0. The molecule has 0 aliphatic carbocycles. The van der Waals surface area contributed by atoms with Crippen molar-refractivity contribution in [2.45, 2.75) is 20.8 Å². The first kappa shape index (κ1) is 8.77. The van der Waals surface area contributed by atoms with Crippen LogP contribution in [0.2, 0.25) is 0 Å². The van der Waals surface area contributed by atoms with E-state index in [0.29, 0.717) is 5.76 Å². The van der Waals surface area contributed by atoms with Crippen LogP contribution >= 0.6 is 0 Å². The molecule has 0 saturated carbocycles. The molecule has 0 aromatic carbocycles. The highest BCUT2D eigenvalue weighted by atomic mass is 16.5. The van der Waals surface area contributed by atoms with Gasteiger partial charge < -0.3 is 10.5 Å². The van der Waals surface area contributed by atoms with Crippen molar-refractivity contribution in [2.24, 2.45) is 16.1 Å². The van der Waals surface area contributed by atoms with Gasteiger partial charge in [-0.3, -0.25) is 5.41 Å². The number of nitrogens with zero attached hydrogens (tertiary/aromatic N) is 1. The Bertz CT molecular complexity index is 271. The predicted molar refractivity (Wildman–Crippen MR) is 48.0 cm³/mol. The standard InChI is InChI=1S/C8H13N3O/c1-8(2,3)4-5-6(9)11-7(10)12-5/h4H,1-3H3,(H3,9,10,11)/b5-4-. The molecule has 3 N–H and O–H groups in total. The lowest BCUT2D eigenvalue weighted by atomic mass is 9.96. The summed E-state index contributed by atoms with van der Waals surface area (Å²) in [5.74, 6) is 0.544. The molecule has 4 heteroatoms. The number of aliphatic imine (C=N–C) groups is 1. The van der Waals surface area contributed by atoms with Crippen molar-refractivity contribution in [3.8, 4) is 0 Å². The normalized spacial score (nSPS) is 21.1. The van der Waals surface area contributed by atoms with Crippen LogP contribution in [0.25, 0.3) is 0 Å². The maximum absolute atomic E-state index is 7.36. The maximum atomic E-state index is 7.36. The lowest BCUT2D eigenvalue weighted by Crippen LogP contribution is -2.11. The highest BCUT2D eigenvalue weighted by molar-refractivity contribution is 6.07. The first-order chi connectivity index (χ1) is 5.38. The van der Waals surface area contributed by atoms with Crippen LogP contribution in [0.3, 0.4) is 0 Å². The fourth-order valence-corrected chi connectivity index (χ4v) is 0.840. The van der Waals surface area contributed by atoms with Crippen molar-refractivity contribution >= 4 is 11.9 Å². The molecule has 4 nitrogen and oxygen atoms in total. The van der Waals surface area contributed by atoms with Crippen LogP contribution in [-0.4, -0.2) is 11.9 Å². The molecular formula is C8H13N3O. The second kappa shape index (κ2) is 2.62. The SMILES string of the molecule is CC(C)(C)/C=C1\OC(N)=NC1=N. The molecule has 0 fully saturated rings. The molecule has 0 saturated heterocycles. The fraction of sp³-hybridized carbons (Fsp3) is 0.500. The van der Waals surface area contributed by atoms with Crippen LogP contribution in [-0.2, 0) is 4.74 Å². The molecule has 0 bridgehead atoms. The van der Waals surface area contributed by atoms with Gasteiger partial charge in [-0.15, -0.1) is 0 Å². The van der Waals surface area contributed by atoms with Gasteiger partial charge in [0.25, 0.3) is 6.02 Å². The summed E-state index contributed by atoms with van der Waals surface area (Å²) in [5.41, 5.74) is 5.25. The molecule has 0 aromatic heterocycles. The van der Waals surface area contributed by atoms with Gasteiger partial charge in [0.1, 0.15) is 0 Å².